The summed E-state index contributed by atoms with van der Waals surface area (Å²) in [5.74, 6) is -6.33. The number of ketones is 1. The Labute approximate surface area is 152 Å². The zero-order valence-electron chi connectivity index (χ0n) is 14.7. The Balaban J connectivity index is 1.75. The van der Waals surface area contributed by atoms with E-state index in [9.17, 15) is 27.6 Å². The average molecular weight is 382 g/mol. The Bertz CT molecular complexity index is 886. The van der Waals surface area contributed by atoms with Crippen LogP contribution < -0.4 is 9.80 Å². The van der Waals surface area contributed by atoms with Crippen molar-refractivity contribution in [2.24, 2.45) is 0 Å². The first kappa shape index (κ1) is 17.8. The van der Waals surface area contributed by atoms with Gasteiger partial charge in [-0.25, -0.2) is 9.18 Å². The van der Waals surface area contributed by atoms with E-state index in [0.29, 0.717) is 11.3 Å². The summed E-state index contributed by atoms with van der Waals surface area (Å²) in [5, 5.41) is 0. The van der Waals surface area contributed by atoms with Gasteiger partial charge in [-0.05, 0) is 18.4 Å². The molecule has 0 unspecified atom stereocenters. The van der Waals surface area contributed by atoms with E-state index in [1.165, 1.54) is 4.90 Å². The van der Waals surface area contributed by atoms with E-state index in [-0.39, 0.29) is 36.3 Å². The van der Waals surface area contributed by atoms with Gasteiger partial charge in [0.05, 0.1) is 23.0 Å². The fourth-order valence-corrected chi connectivity index (χ4v) is 4.18. The average Bonchev–Trinajstić information content (AvgIpc) is 3.19. The third-order valence-corrected chi connectivity index (χ3v) is 5.54. The minimum absolute atomic E-state index is 0.00528. The van der Waals surface area contributed by atoms with Crippen molar-refractivity contribution in [1.29, 1.82) is 0 Å². The van der Waals surface area contributed by atoms with Crippen molar-refractivity contribution in [3.63, 3.8) is 0 Å². The number of carbonyl (C=O) groups is 3. The molecule has 1 aromatic carbocycles. The molecule has 3 aliphatic heterocycles. The van der Waals surface area contributed by atoms with Crippen molar-refractivity contribution in [1.82, 2.24) is 0 Å². The van der Waals surface area contributed by atoms with Gasteiger partial charge in [0.25, 0.3) is 0 Å². The highest BCUT2D eigenvalue weighted by molar-refractivity contribution is 6.08. The number of benzene rings is 1. The van der Waals surface area contributed by atoms with E-state index < -0.39 is 47.1 Å². The number of anilines is 2. The fraction of sp³-hybridized carbons (Fsp3) is 0.500. The maximum atomic E-state index is 14.5. The van der Waals surface area contributed by atoms with Crippen molar-refractivity contribution < 1.29 is 32.3 Å². The molecule has 27 heavy (non-hydrogen) atoms. The Morgan fingerprint density at radius 1 is 1.37 bits per heavy atom. The van der Waals surface area contributed by atoms with Crippen molar-refractivity contribution >= 4 is 29.2 Å². The number of ether oxygens (including phenoxy) is 1. The molecule has 1 aromatic rings. The van der Waals surface area contributed by atoms with E-state index >= 15 is 0 Å². The summed E-state index contributed by atoms with van der Waals surface area (Å²) in [4.78, 5) is 37.5. The maximum absolute atomic E-state index is 14.5. The van der Waals surface area contributed by atoms with Gasteiger partial charge >= 0.3 is 17.9 Å². The van der Waals surface area contributed by atoms with Crippen LogP contribution in [0.15, 0.2) is 6.07 Å². The number of halogens is 3. The highest BCUT2D eigenvalue weighted by Crippen LogP contribution is 2.53. The molecule has 0 bridgehead atoms. The van der Waals surface area contributed by atoms with Crippen molar-refractivity contribution in [3.8, 4) is 0 Å². The molecule has 0 aliphatic carbocycles. The Morgan fingerprint density at radius 3 is 2.74 bits per heavy atom. The van der Waals surface area contributed by atoms with E-state index in [2.05, 4.69) is 0 Å². The molecule has 0 spiro atoms. The largest absolute Gasteiger partial charge is 0.444 e. The molecule has 0 aromatic heterocycles. The van der Waals surface area contributed by atoms with Gasteiger partial charge in [-0.1, -0.05) is 6.92 Å². The van der Waals surface area contributed by atoms with Crippen LogP contribution in [-0.4, -0.2) is 37.0 Å². The molecule has 9 heteroatoms. The number of rotatable bonds is 4. The molecular formula is C18H17F3N2O4. The summed E-state index contributed by atoms with van der Waals surface area (Å²) in [6, 6.07) is 0.403. The lowest BCUT2D eigenvalue weighted by Gasteiger charge is -2.16. The predicted molar refractivity (Wildman–Crippen MR) is 88.5 cm³/mol. The second-order valence-electron chi connectivity index (χ2n) is 7.01. The molecule has 144 valence electrons. The molecule has 3 aliphatic rings. The van der Waals surface area contributed by atoms with Gasteiger partial charge < -0.3 is 9.64 Å². The molecule has 0 N–H and O–H groups in total. The third-order valence-electron chi connectivity index (χ3n) is 5.54. The van der Waals surface area contributed by atoms with Crippen molar-refractivity contribution in [3.05, 3.63) is 23.0 Å². The number of cyclic esters (lactones) is 1. The van der Waals surface area contributed by atoms with Crippen LogP contribution in [0.5, 0.6) is 0 Å². The second-order valence-corrected chi connectivity index (χ2v) is 7.01. The SMILES string of the molecule is CCC(=O)CC[C@@H]1OC(=O)N2c3cc(F)c4c(c3C[C@@H]12)C(F)(F)C(=O)N4C. The molecule has 0 radical (unpaired) electrons. The lowest BCUT2D eigenvalue weighted by molar-refractivity contribution is -0.141. The van der Waals surface area contributed by atoms with Crippen LogP contribution in [0.4, 0.5) is 29.3 Å². The van der Waals surface area contributed by atoms with E-state index in [0.717, 1.165) is 13.1 Å². The Morgan fingerprint density at radius 2 is 2.07 bits per heavy atom. The zero-order valence-corrected chi connectivity index (χ0v) is 14.7. The van der Waals surface area contributed by atoms with Gasteiger partial charge in [0, 0.05) is 26.0 Å². The monoisotopic (exact) mass is 382 g/mol. The molecule has 4 rings (SSSR count). The summed E-state index contributed by atoms with van der Waals surface area (Å²) >= 11 is 0. The first-order valence-corrected chi connectivity index (χ1v) is 8.71. The summed E-state index contributed by atoms with van der Waals surface area (Å²) in [5.41, 5.74) is -1.03. The fourth-order valence-electron chi connectivity index (χ4n) is 4.18. The van der Waals surface area contributed by atoms with Crippen molar-refractivity contribution in [2.45, 2.75) is 50.7 Å². The van der Waals surface area contributed by atoms with Crippen LogP contribution >= 0.6 is 0 Å². The zero-order chi connectivity index (χ0) is 19.7. The minimum Gasteiger partial charge on any atom is -0.444 e. The first-order chi connectivity index (χ1) is 12.7. The number of amides is 2. The van der Waals surface area contributed by atoms with Gasteiger partial charge in [0.1, 0.15) is 17.7 Å². The smallest absolute Gasteiger partial charge is 0.415 e. The molecule has 2 amide bonds. The number of nitrogens with zero attached hydrogens (tertiary/aromatic N) is 2. The summed E-state index contributed by atoms with van der Waals surface area (Å²) in [6.07, 6.45) is -0.553. The second kappa shape index (κ2) is 5.71. The third kappa shape index (κ3) is 2.30. The summed E-state index contributed by atoms with van der Waals surface area (Å²) in [7, 11) is 1.10. The standard InChI is InChI=1S/C18H17F3N2O4/c1-3-8(24)4-5-13-12-6-9-11(23(12)17(26)27-13)7-10(19)15-14(9)18(20,21)16(25)22(15)2/h7,12-13H,3-6H2,1-2H3/t12-,13-/m0/s1. The predicted octanol–water partition coefficient (Wildman–Crippen LogP) is 2.90. The Hall–Kier alpha value is -2.58. The molecule has 2 atom stereocenters. The summed E-state index contributed by atoms with van der Waals surface area (Å²) < 4.78 is 48.9. The van der Waals surface area contributed by atoms with Crippen LogP contribution in [0.3, 0.4) is 0 Å². The molecular weight excluding hydrogens is 365 g/mol. The van der Waals surface area contributed by atoms with Gasteiger partial charge in [0.2, 0.25) is 0 Å². The van der Waals surface area contributed by atoms with Gasteiger partial charge in [-0.2, -0.15) is 8.78 Å². The maximum Gasteiger partial charge on any atom is 0.415 e. The van der Waals surface area contributed by atoms with Crippen molar-refractivity contribution in [2.75, 3.05) is 16.8 Å². The normalized spacial score (nSPS) is 24.8. The lowest BCUT2D eigenvalue weighted by Crippen LogP contribution is -2.34. The lowest BCUT2D eigenvalue weighted by atomic mass is 9.95. The Kier molecular flexibility index (Phi) is 3.77. The van der Waals surface area contributed by atoms with E-state index in [1.54, 1.807) is 6.92 Å². The molecule has 0 saturated carbocycles. The molecule has 1 saturated heterocycles. The molecule has 1 fully saturated rings. The van der Waals surface area contributed by atoms with Crippen LogP contribution in [-0.2, 0) is 26.7 Å². The van der Waals surface area contributed by atoms with E-state index in [4.69, 9.17) is 4.74 Å². The number of Topliss-reactive ketones (excluding diaryl/α,β-unsaturated/α-hetero) is 1. The summed E-state index contributed by atoms with van der Waals surface area (Å²) in [6.45, 7) is 1.72. The number of alkyl halides is 2. The van der Waals surface area contributed by atoms with E-state index in [1.807, 2.05) is 0 Å². The quantitative estimate of drug-likeness (QED) is 0.803. The van der Waals surface area contributed by atoms with Gasteiger partial charge in [-0.3, -0.25) is 14.5 Å². The number of fused-ring (bicyclic) bond motifs is 5. The van der Waals surface area contributed by atoms with Crippen LogP contribution in [0, 0.1) is 5.82 Å². The van der Waals surface area contributed by atoms with Gasteiger partial charge in [0.15, 0.2) is 0 Å². The number of carbonyl (C=O) groups excluding carboxylic acids is 3. The molecule has 6 nitrogen and oxygen atoms in total. The highest BCUT2D eigenvalue weighted by Gasteiger charge is 2.58. The number of hydrogen-bond acceptors (Lipinski definition) is 4. The topological polar surface area (TPSA) is 66.9 Å². The minimum atomic E-state index is -3.85. The van der Waals surface area contributed by atoms with Crippen LogP contribution in [0.2, 0.25) is 0 Å². The van der Waals surface area contributed by atoms with Crippen LogP contribution in [0.1, 0.15) is 37.3 Å². The first-order valence-electron chi connectivity index (χ1n) is 8.71. The van der Waals surface area contributed by atoms with Crippen LogP contribution in [0.25, 0.3) is 0 Å². The highest BCUT2D eigenvalue weighted by atomic mass is 19.3. The number of hydrogen-bond donors (Lipinski definition) is 0. The molecule has 3 heterocycles. The van der Waals surface area contributed by atoms with Gasteiger partial charge in [-0.15, -0.1) is 0 Å². The number of likely N-dealkylation sites (N-methyl/N-ethyl adjacent to an activating group) is 1.